The molecule has 1 heterocycles. The fourth-order valence-electron chi connectivity index (χ4n) is 2.63. The van der Waals surface area contributed by atoms with Crippen LogP contribution in [0.1, 0.15) is 31.2 Å². The van der Waals surface area contributed by atoms with Crippen molar-refractivity contribution in [3.63, 3.8) is 0 Å². The molecule has 7 heteroatoms. The van der Waals surface area contributed by atoms with Gasteiger partial charge in [0.2, 0.25) is 0 Å². The van der Waals surface area contributed by atoms with E-state index < -0.39 is 11.7 Å². The van der Waals surface area contributed by atoms with Gasteiger partial charge >= 0.3 is 6.18 Å². The summed E-state index contributed by atoms with van der Waals surface area (Å²) < 4.78 is 38.8. The summed E-state index contributed by atoms with van der Waals surface area (Å²) in [4.78, 5) is 4.20. The van der Waals surface area contributed by atoms with Crippen LogP contribution in [0.15, 0.2) is 12.1 Å². The Hall–Kier alpha value is -1.11. The lowest BCUT2D eigenvalue weighted by Gasteiger charge is -2.31. The zero-order chi connectivity index (χ0) is 15.5. The molecule has 0 spiro atoms. The first kappa shape index (κ1) is 16.3. The van der Waals surface area contributed by atoms with Gasteiger partial charge in [-0.1, -0.05) is 12.8 Å². The van der Waals surface area contributed by atoms with Crippen LogP contribution in [0.4, 0.5) is 24.8 Å². The molecule has 1 fully saturated rings. The summed E-state index contributed by atoms with van der Waals surface area (Å²) in [6.45, 7) is 0. The number of aromatic nitrogens is 1. The van der Waals surface area contributed by atoms with Gasteiger partial charge in [-0.05, 0) is 31.2 Å². The molecule has 1 aromatic rings. The van der Waals surface area contributed by atoms with Gasteiger partial charge in [-0.25, -0.2) is 4.98 Å². The minimum absolute atomic E-state index is 0.175. The average molecular weight is 319 g/mol. The minimum atomic E-state index is -4.36. The Morgan fingerprint density at radius 2 is 1.86 bits per heavy atom. The third-order valence-corrected chi connectivity index (χ3v) is 4.92. The second-order valence-corrected chi connectivity index (χ2v) is 6.26. The van der Waals surface area contributed by atoms with Crippen molar-refractivity contribution >= 4 is 23.4 Å². The van der Waals surface area contributed by atoms with E-state index in [1.54, 1.807) is 18.8 Å². The molecule has 3 nitrogen and oxygen atoms in total. The lowest BCUT2D eigenvalue weighted by molar-refractivity contribution is -0.137. The van der Waals surface area contributed by atoms with Gasteiger partial charge in [-0.15, -0.1) is 0 Å². The number of alkyl halides is 3. The van der Waals surface area contributed by atoms with Crippen LogP contribution in [0, 0.1) is 0 Å². The summed E-state index contributed by atoms with van der Waals surface area (Å²) >= 11 is 1.76. The maximum atomic E-state index is 12.9. The van der Waals surface area contributed by atoms with Crippen molar-refractivity contribution in [1.29, 1.82) is 0 Å². The summed E-state index contributed by atoms with van der Waals surface area (Å²) in [6.07, 6.45) is 2.03. The summed E-state index contributed by atoms with van der Waals surface area (Å²) in [5.41, 5.74) is -0.680. The van der Waals surface area contributed by atoms with E-state index in [0.717, 1.165) is 31.4 Å². The van der Waals surface area contributed by atoms with Crippen molar-refractivity contribution < 1.29 is 13.2 Å². The van der Waals surface area contributed by atoms with E-state index in [1.165, 1.54) is 6.42 Å². The largest absolute Gasteiger partial charge is 0.416 e. The van der Waals surface area contributed by atoms with Crippen LogP contribution in [-0.2, 0) is 6.18 Å². The Morgan fingerprint density at radius 3 is 2.48 bits per heavy atom. The summed E-state index contributed by atoms with van der Waals surface area (Å²) in [5, 5.41) is 6.31. The van der Waals surface area contributed by atoms with Gasteiger partial charge in [0, 0.05) is 18.3 Å². The number of nitrogens with zero attached hydrogens (tertiary/aromatic N) is 1. The van der Waals surface area contributed by atoms with Gasteiger partial charge in [-0.2, -0.15) is 24.9 Å². The standard InChI is InChI=1S/C14H20F3N3S/c1-18-12-7-9(14(15,16)17)8-13(20-12)19-10-5-3-4-6-11(10)21-2/h7-8,10-11H,3-6H2,1-2H3,(H2,18,19,20). The van der Waals surface area contributed by atoms with E-state index in [-0.39, 0.29) is 11.9 Å². The van der Waals surface area contributed by atoms with Crippen LogP contribution in [0.25, 0.3) is 0 Å². The van der Waals surface area contributed by atoms with Crippen LogP contribution < -0.4 is 10.6 Å². The van der Waals surface area contributed by atoms with Crippen LogP contribution in [0.2, 0.25) is 0 Å². The Balaban J connectivity index is 2.22. The molecule has 0 radical (unpaired) electrons. The highest BCUT2D eigenvalue weighted by Gasteiger charge is 2.32. The third kappa shape index (κ3) is 4.18. The van der Waals surface area contributed by atoms with E-state index in [9.17, 15) is 13.2 Å². The number of pyridine rings is 1. The molecule has 1 aliphatic rings. The molecule has 2 atom stereocenters. The molecule has 21 heavy (non-hydrogen) atoms. The van der Waals surface area contributed by atoms with Gasteiger partial charge in [0.1, 0.15) is 11.6 Å². The molecular formula is C14H20F3N3S. The first-order valence-electron chi connectivity index (χ1n) is 7.00. The zero-order valence-electron chi connectivity index (χ0n) is 12.1. The Kier molecular flexibility index (Phi) is 5.24. The molecule has 1 saturated carbocycles. The van der Waals surface area contributed by atoms with Crippen LogP contribution in [0.3, 0.4) is 0 Å². The smallest absolute Gasteiger partial charge is 0.373 e. The predicted molar refractivity (Wildman–Crippen MR) is 82.0 cm³/mol. The summed E-state index contributed by atoms with van der Waals surface area (Å²) in [5.74, 6) is 0.518. The van der Waals surface area contributed by atoms with Gasteiger partial charge in [0.05, 0.1) is 5.56 Å². The minimum Gasteiger partial charge on any atom is -0.373 e. The van der Waals surface area contributed by atoms with E-state index >= 15 is 0 Å². The van der Waals surface area contributed by atoms with Gasteiger partial charge in [0.15, 0.2) is 0 Å². The zero-order valence-corrected chi connectivity index (χ0v) is 12.9. The SMILES string of the molecule is CNc1cc(C(F)(F)F)cc(NC2CCCCC2SC)n1. The number of rotatable bonds is 4. The Labute approximate surface area is 127 Å². The molecular weight excluding hydrogens is 299 g/mol. The van der Waals surface area contributed by atoms with Crippen LogP contribution in [0.5, 0.6) is 0 Å². The molecule has 2 N–H and O–H groups in total. The summed E-state index contributed by atoms with van der Waals surface area (Å²) in [6, 6.07) is 2.29. The number of hydrogen-bond acceptors (Lipinski definition) is 4. The van der Waals surface area contributed by atoms with Crippen molar-refractivity contribution in [2.24, 2.45) is 0 Å². The van der Waals surface area contributed by atoms with Crippen molar-refractivity contribution in [1.82, 2.24) is 4.98 Å². The van der Waals surface area contributed by atoms with Crippen molar-refractivity contribution in [3.05, 3.63) is 17.7 Å². The predicted octanol–water partition coefficient (Wildman–Crippen LogP) is 4.23. The van der Waals surface area contributed by atoms with E-state index in [2.05, 4.69) is 15.6 Å². The quantitative estimate of drug-likeness (QED) is 0.871. The third-order valence-electron chi connectivity index (χ3n) is 3.75. The van der Waals surface area contributed by atoms with Crippen molar-refractivity contribution in [3.8, 4) is 0 Å². The molecule has 1 aliphatic carbocycles. The highest BCUT2D eigenvalue weighted by molar-refractivity contribution is 7.99. The normalized spacial score (nSPS) is 22.9. The second kappa shape index (κ2) is 6.77. The van der Waals surface area contributed by atoms with E-state index in [0.29, 0.717) is 11.1 Å². The molecule has 0 saturated heterocycles. The van der Waals surface area contributed by atoms with Crippen molar-refractivity contribution in [2.75, 3.05) is 23.9 Å². The fourth-order valence-corrected chi connectivity index (χ4v) is 3.57. The number of thioether (sulfide) groups is 1. The Bertz CT molecular complexity index is 479. The number of halogens is 3. The van der Waals surface area contributed by atoms with Gasteiger partial charge in [-0.3, -0.25) is 0 Å². The van der Waals surface area contributed by atoms with Gasteiger partial charge < -0.3 is 10.6 Å². The fraction of sp³-hybridized carbons (Fsp3) is 0.643. The van der Waals surface area contributed by atoms with E-state index in [1.807, 2.05) is 6.26 Å². The number of nitrogens with one attached hydrogen (secondary N) is 2. The molecule has 0 aromatic carbocycles. The lowest BCUT2D eigenvalue weighted by Crippen LogP contribution is -2.34. The monoisotopic (exact) mass is 319 g/mol. The van der Waals surface area contributed by atoms with Crippen molar-refractivity contribution in [2.45, 2.75) is 43.2 Å². The Morgan fingerprint density at radius 1 is 1.19 bits per heavy atom. The maximum absolute atomic E-state index is 12.9. The maximum Gasteiger partial charge on any atom is 0.416 e. The first-order chi connectivity index (χ1) is 9.94. The molecule has 2 unspecified atom stereocenters. The first-order valence-corrected chi connectivity index (χ1v) is 8.29. The summed E-state index contributed by atoms with van der Waals surface area (Å²) in [7, 11) is 1.57. The van der Waals surface area contributed by atoms with E-state index in [4.69, 9.17) is 0 Å². The molecule has 0 aliphatic heterocycles. The highest BCUT2D eigenvalue weighted by atomic mass is 32.2. The average Bonchev–Trinajstić information content (AvgIpc) is 2.46. The highest BCUT2D eigenvalue weighted by Crippen LogP contribution is 2.34. The number of anilines is 2. The van der Waals surface area contributed by atoms with Crippen LogP contribution >= 0.6 is 11.8 Å². The lowest BCUT2D eigenvalue weighted by atomic mass is 9.95. The molecule has 0 amide bonds. The molecule has 2 rings (SSSR count). The molecule has 118 valence electrons. The van der Waals surface area contributed by atoms with Crippen LogP contribution in [-0.4, -0.2) is 29.6 Å². The molecule has 0 bridgehead atoms. The second-order valence-electron chi connectivity index (χ2n) is 5.18. The van der Waals surface area contributed by atoms with Gasteiger partial charge in [0.25, 0.3) is 0 Å². The molecule has 1 aromatic heterocycles. The topological polar surface area (TPSA) is 37.0 Å². The number of hydrogen-bond donors (Lipinski definition) is 2.